The van der Waals surface area contributed by atoms with E-state index in [0.717, 1.165) is 47.7 Å². The van der Waals surface area contributed by atoms with Crippen LogP contribution in [0.5, 0.6) is 0 Å². The predicted molar refractivity (Wildman–Crippen MR) is 87.8 cm³/mol. The minimum absolute atomic E-state index is 0.730. The maximum atomic E-state index is 5.40. The van der Waals surface area contributed by atoms with Gasteiger partial charge in [0.15, 0.2) is 3.95 Å². The van der Waals surface area contributed by atoms with E-state index in [0.29, 0.717) is 0 Å². The van der Waals surface area contributed by atoms with E-state index in [1.54, 1.807) is 0 Å². The van der Waals surface area contributed by atoms with E-state index in [4.69, 9.17) is 17.0 Å². The molecule has 1 aromatic carbocycles. The molecule has 2 aromatic rings. The first-order valence-electron chi connectivity index (χ1n) is 6.92. The topological polar surface area (TPSA) is 42.3 Å². The molecule has 1 fully saturated rings. The Bertz CT molecular complexity index is 661. The van der Waals surface area contributed by atoms with E-state index in [9.17, 15) is 0 Å². The summed E-state index contributed by atoms with van der Waals surface area (Å²) in [6, 6.07) is 8.23. The zero-order valence-electron chi connectivity index (χ0n) is 11.9. The Balaban J connectivity index is 1.70. The second-order valence-corrected chi connectivity index (χ2v) is 6.66. The molecule has 0 unspecified atom stereocenters. The summed E-state index contributed by atoms with van der Waals surface area (Å²) in [6.07, 6.45) is 0. The summed E-state index contributed by atoms with van der Waals surface area (Å²) in [5.74, 6) is 0. The van der Waals surface area contributed by atoms with Crippen LogP contribution in [0.15, 0.2) is 24.3 Å². The van der Waals surface area contributed by atoms with Crippen LogP contribution in [0, 0.1) is 10.9 Å². The lowest BCUT2D eigenvalue weighted by Crippen LogP contribution is -2.37. The Labute approximate surface area is 133 Å². The number of morpholine rings is 1. The highest BCUT2D eigenvalue weighted by atomic mass is 32.1. The molecule has 1 aromatic heterocycles. The standard InChI is InChI=1S/C14H18N4OS2/c1-11-3-2-4-12(9-11)15-13-16-18(14(20)21-13)10-17-5-7-19-8-6-17/h2-4,9H,5-8,10H2,1H3,(H,15,16). The van der Waals surface area contributed by atoms with Crippen LogP contribution in [0.4, 0.5) is 10.8 Å². The summed E-state index contributed by atoms with van der Waals surface area (Å²) in [4.78, 5) is 2.30. The van der Waals surface area contributed by atoms with Crippen molar-refractivity contribution < 1.29 is 4.74 Å². The van der Waals surface area contributed by atoms with Crippen molar-refractivity contribution in [1.29, 1.82) is 0 Å². The fraction of sp³-hybridized carbons (Fsp3) is 0.429. The second kappa shape index (κ2) is 6.65. The molecule has 112 valence electrons. The Morgan fingerprint density at radius 2 is 2.19 bits per heavy atom. The Morgan fingerprint density at radius 3 is 2.95 bits per heavy atom. The Kier molecular flexibility index (Phi) is 4.64. The van der Waals surface area contributed by atoms with Crippen molar-refractivity contribution in [3.63, 3.8) is 0 Å². The molecule has 0 amide bonds. The molecular formula is C14H18N4OS2. The molecule has 0 atom stereocenters. The molecule has 21 heavy (non-hydrogen) atoms. The van der Waals surface area contributed by atoms with Gasteiger partial charge in [-0.05, 0) is 36.8 Å². The number of aryl methyl sites for hydroxylation is 1. The molecule has 5 nitrogen and oxygen atoms in total. The number of anilines is 2. The molecule has 2 heterocycles. The number of benzene rings is 1. The molecular weight excluding hydrogens is 304 g/mol. The van der Waals surface area contributed by atoms with Gasteiger partial charge in [-0.3, -0.25) is 4.90 Å². The van der Waals surface area contributed by atoms with Crippen LogP contribution < -0.4 is 5.32 Å². The van der Waals surface area contributed by atoms with Gasteiger partial charge in [-0.2, -0.15) is 0 Å². The predicted octanol–water partition coefficient (Wildman–Crippen LogP) is 3.02. The van der Waals surface area contributed by atoms with Crippen LogP contribution >= 0.6 is 23.6 Å². The van der Waals surface area contributed by atoms with Crippen LogP contribution in [0.2, 0.25) is 0 Å². The lowest BCUT2D eigenvalue weighted by Gasteiger charge is -2.26. The molecule has 0 spiro atoms. The fourth-order valence-electron chi connectivity index (χ4n) is 2.22. The molecule has 1 saturated heterocycles. The first kappa shape index (κ1) is 14.6. The Hall–Kier alpha value is -1.28. The number of hydrogen-bond donors (Lipinski definition) is 1. The average Bonchev–Trinajstić information content (AvgIpc) is 2.80. The summed E-state index contributed by atoms with van der Waals surface area (Å²) >= 11 is 6.91. The summed E-state index contributed by atoms with van der Waals surface area (Å²) in [5, 5.41) is 8.72. The number of nitrogens with zero attached hydrogens (tertiary/aromatic N) is 3. The van der Waals surface area contributed by atoms with Crippen molar-refractivity contribution in [3.8, 4) is 0 Å². The quantitative estimate of drug-likeness (QED) is 0.877. The van der Waals surface area contributed by atoms with Crippen LogP contribution in [-0.2, 0) is 11.4 Å². The summed E-state index contributed by atoms with van der Waals surface area (Å²) < 4.78 is 8.02. The lowest BCUT2D eigenvalue weighted by atomic mass is 10.2. The van der Waals surface area contributed by atoms with Crippen molar-refractivity contribution in [1.82, 2.24) is 14.7 Å². The monoisotopic (exact) mass is 322 g/mol. The number of aromatic nitrogens is 2. The smallest absolute Gasteiger partial charge is 0.209 e. The Morgan fingerprint density at radius 1 is 1.38 bits per heavy atom. The van der Waals surface area contributed by atoms with E-state index in [-0.39, 0.29) is 0 Å². The van der Waals surface area contributed by atoms with E-state index in [2.05, 4.69) is 34.4 Å². The molecule has 1 aliphatic heterocycles. The number of nitrogens with one attached hydrogen (secondary N) is 1. The van der Waals surface area contributed by atoms with Crippen molar-refractivity contribution in [2.24, 2.45) is 0 Å². The summed E-state index contributed by atoms with van der Waals surface area (Å²) in [5.41, 5.74) is 2.26. The number of ether oxygens (including phenoxy) is 1. The maximum Gasteiger partial charge on any atom is 0.209 e. The van der Waals surface area contributed by atoms with Crippen LogP contribution in [-0.4, -0.2) is 41.0 Å². The highest BCUT2D eigenvalue weighted by Gasteiger charge is 2.12. The molecule has 0 bridgehead atoms. The van der Waals surface area contributed by atoms with Gasteiger partial charge in [0.25, 0.3) is 0 Å². The summed E-state index contributed by atoms with van der Waals surface area (Å²) in [7, 11) is 0. The normalized spacial score (nSPS) is 16.0. The number of hydrogen-bond acceptors (Lipinski definition) is 6. The highest BCUT2D eigenvalue weighted by Crippen LogP contribution is 2.21. The van der Waals surface area contributed by atoms with Gasteiger partial charge in [0.1, 0.15) is 0 Å². The van der Waals surface area contributed by atoms with Gasteiger partial charge in [-0.15, -0.1) is 5.10 Å². The third-order valence-electron chi connectivity index (χ3n) is 3.31. The van der Waals surface area contributed by atoms with E-state index in [1.807, 2.05) is 16.8 Å². The van der Waals surface area contributed by atoms with Crippen LogP contribution in [0.1, 0.15) is 5.56 Å². The number of rotatable bonds is 4. The minimum atomic E-state index is 0.730. The lowest BCUT2D eigenvalue weighted by molar-refractivity contribution is 0.0212. The van der Waals surface area contributed by atoms with Crippen molar-refractivity contribution in [2.45, 2.75) is 13.6 Å². The van der Waals surface area contributed by atoms with Gasteiger partial charge in [-0.25, -0.2) is 4.68 Å². The molecule has 1 N–H and O–H groups in total. The maximum absolute atomic E-state index is 5.40. The zero-order chi connectivity index (χ0) is 14.7. The SMILES string of the molecule is Cc1cccc(Nc2nn(CN3CCOCC3)c(=S)s2)c1. The first-order valence-corrected chi connectivity index (χ1v) is 8.15. The van der Waals surface area contributed by atoms with Crippen LogP contribution in [0.25, 0.3) is 0 Å². The largest absolute Gasteiger partial charge is 0.379 e. The van der Waals surface area contributed by atoms with Crippen LogP contribution in [0.3, 0.4) is 0 Å². The van der Waals surface area contributed by atoms with E-state index >= 15 is 0 Å². The highest BCUT2D eigenvalue weighted by molar-refractivity contribution is 7.73. The van der Waals surface area contributed by atoms with E-state index < -0.39 is 0 Å². The molecule has 1 aliphatic rings. The third-order valence-corrected chi connectivity index (χ3v) is 4.54. The van der Waals surface area contributed by atoms with Gasteiger partial charge in [-0.1, -0.05) is 23.5 Å². The van der Waals surface area contributed by atoms with E-state index in [1.165, 1.54) is 16.9 Å². The van der Waals surface area contributed by atoms with Gasteiger partial charge < -0.3 is 10.1 Å². The van der Waals surface area contributed by atoms with Gasteiger partial charge >= 0.3 is 0 Å². The first-order chi connectivity index (χ1) is 10.2. The van der Waals surface area contributed by atoms with Crippen molar-refractivity contribution >= 4 is 34.4 Å². The van der Waals surface area contributed by atoms with Gasteiger partial charge in [0, 0.05) is 18.8 Å². The average molecular weight is 322 g/mol. The third kappa shape index (κ3) is 3.88. The van der Waals surface area contributed by atoms with Crippen molar-refractivity contribution in [2.75, 3.05) is 31.6 Å². The minimum Gasteiger partial charge on any atom is -0.379 e. The molecule has 7 heteroatoms. The molecule has 3 rings (SSSR count). The molecule has 0 saturated carbocycles. The van der Waals surface area contributed by atoms with Gasteiger partial charge in [0.05, 0.1) is 19.9 Å². The molecule has 0 radical (unpaired) electrons. The second-order valence-electron chi connectivity index (χ2n) is 5.04. The zero-order valence-corrected chi connectivity index (χ0v) is 13.5. The van der Waals surface area contributed by atoms with Crippen molar-refractivity contribution in [3.05, 3.63) is 33.8 Å². The fourth-order valence-corrected chi connectivity index (χ4v) is 3.24. The molecule has 0 aliphatic carbocycles. The summed E-state index contributed by atoms with van der Waals surface area (Å²) in [6.45, 7) is 6.23. The van der Waals surface area contributed by atoms with Gasteiger partial charge in [0.2, 0.25) is 5.13 Å².